The van der Waals surface area contributed by atoms with Crippen LogP contribution in [0.5, 0.6) is 5.75 Å². The van der Waals surface area contributed by atoms with E-state index in [0.717, 1.165) is 16.7 Å². The first-order valence-corrected chi connectivity index (χ1v) is 6.91. The van der Waals surface area contributed by atoms with Crippen molar-refractivity contribution < 1.29 is 19.1 Å². The molecule has 0 bridgehead atoms. The Labute approximate surface area is 121 Å². The molecule has 0 spiro atoms. The van der Waals surface area contributed by atoms with Crippen LogP contribution in [0, 0.1) is 0 Å². The quantitative estimate of drug-likeness (QED) is 0.625. The Morgan fingerprint density at radius 3 is 2.70 bits per heavy atom. The van der Waals surface area contributed by atoms with E-state index in [1.54, 1.807) is 18.2 Å². The van der Waals surface area contributed by atoms with Crippen LogP contribution in [0.25, 0.3) is 10.4 Å². The molecular weight excluding hydrogens is 276 g/mol. The molecule has 0 fully saturated rings. The molecule has 0 amide bonds. The van der Waals surface area contributed by atoms with Crippen molar-refractivity contribution >= 4 is 23.6 Å². The highest BCUT2D eigenvalue weighted by molar-refractivity contribution is 7.17. The number of hydrogen-bond donors (Lipinski definition) is 0. The number of rotatable bonds is 5. The van der Waals surface area contributed by atoms with Gasteiger partial charge in [0, 0.05) is 4.88 Å². The number of esters is 1. The van der Waals surface area contributed by atoms with E-state index >= 15 is 0 Å². The van der Waals surface area contributed by atoms with E-state index in [4.69, 9.17) is 9.47 Å². The van der Waals surface area contributed by atoms with Crippen LogP contribution in [0.4, 0.5) is 0 Å². The minimum Gasteiger partial charge on any atom is -0.493 e. The van der Waals surface area contributed by atoms with Gasteiger partial charge in [0.1, 0.15) is 11.3 Å². The lowest BCUT2D eigenvalue weighted by Gasteiger charge is -2.10. The van der Waals surface area contributed by atoms with Gasteiger partial charge in [-0.05, 0) is 36.8 Å². The summed E-state index contributed by atoms with van der Waals surface area (Å²) in [4.78, 5) is 24.0. The zero-order valence-corrected chi connectivity index (χ0v) is 12.0. The van der Waals surface area contributed by atoms with Gasteiger partial charge in [0.25, 0.3) is 0 Å². The third kappa shape index (κ3) is 2.88. The van der Waals surface area contributed by atoms with Crippen LogP contribution >= 0.6 is 11.3 Å². The summed E-state index contributed by atoms with van der Waals surface area (Å²) in [6.45, 7) is 2.31. The summed E-state index contributed by atoms with van der Waals surface area (Å²) in [6, 6.07) is 8.91. The van der Waals surface area contributed by atoms with E-state index in [1.165, 1.54) is 18.4 Å². The zero-order chi connectivity index (χ0) is 14.5. The lowest BCUT2D eigenvalue weighted by Crippen LogP contribution is -2.05. The minimum absolute atomic E-state index is 0.394. The van der Waals surface area contributed by atoms with E-state index in [0.29, 0.717) is 22.8 Å². The van der Waals surface area contributed by atoms with E-state index in [-0.39, 0.29) is 0 Å². The van der Waals surface area contributed by atoms with E-state index in [1.807, 2.05) is 19.1 Å². The number of aldehydes is 1. The first-order valence-electron chi connectivity index (χ1n) is 6.10. The summed E-state index contributed by atoms with van der Waals surface area (Å²) in [7, 11) is 1.33. The smallest absolute Gasteiger partial charge is 0.341 e. The standard InChI is InChI=1S/C15H14O4S/c1-3-19-13-8-10(4-6-12(13)15(17)18-2)14-7-5-11(9-16)20-14/h4-9H,3H2,1-2H3. The molecular formula is C15H14O4S. The molecule has 104 valence electrons. The van der Waals surface area contributed by atoms with E-state index in [9.17, 15) is 9.59 Å². The van der Waals surface area contributed by atoms with Gasteiger partial charge < -0.3 is 9.47 Å². The monoisotopic (exact) mass is 290 g/mol. The molecule has 0 N–H and O–H groups in total. The van der Waals surface area contributed by atoms with E-state index < -0.39 is 5.97 Å². The molecule has 2 rings (SSSR count). The topological polar surface area (TPSA) is 52.6 Å². The average Bonchev–Trinajstić information content (AvgIpc) is 2.95. The first-order chi connectivity index (χ1) is 9.69. The zero-order valence-electron chi connectivity index (χ0n) is 11.2. The third-order valence-electron chi connectivity index (χ3n) is 2.71. The Bertz CT molecular complexity index is 631. The van der Waals surface area contributed by atoms with Gasteiger partial charge in [-0.3, -0.25) is 4.79 Å². The summed E-state index contributed by atoms with van der Waals surface area (Å²) in [5.41, 5.74) is 1.30. The number of hydrogen-bond acceptors (Lipinski definition) is 5. The van der Waals surface area contributed by atoms with Gasteiger partial charge in [-0.2, -0.15) is 0 Å². The van der Waals surface area contributed by atoms with Crippen LogP contribution in [0.2, 0.25) is 0 Å². The summed E-state index contributed by atoms with van der Waals surface area (Å²) >= 11 is 1.39. The van der Waals surface area contributed by atoms with Crippen molar-refractivity contribution in [1.82, 2.24) is 0 Å². The van der Waals surface area contributed by atoms with Crippen molar-refractivity contribution in [2.24, 2.45) is 0 Å². The maximum atomic E-state index is 11.7. The highest BCUT2D eigenvalue weighted by Gasteiger charge is 2.14. The molecule has 1 aromatic heterocycles. The Morgan fingerprint density at radius 2 is 2.10 bits per heavy atom. The summed E-state index contributed by atoms with van der Waals surface area (Å²) in [5.74, 6) is 0.0534. The number of carbonyl (C=O) groups excluding carboxylic acids is 2. The molecule has 0 atom stereocenters. The van der Waals surface area contributed by atoms with Gasteiger partial charge in [0.2, 0.25) is 0 Å². The van der Waals surface area contributed by atoms with Gasteiger partial charge in [0.15, 0.2) is 6.29 Å². The highest BCUT2D eigenvalue weighted by Crippen LogP contribution is 2.32. The number of benzene rings is 1. The van der Waals surface area contributed by atoms with Crippen LogP contribution in [0.15, 0.2) is 30.3 Å². The fraction of sp³-hybridized carbons (Fsp3) is 0.200. The van der Waals surface area contributed by atoms with Crippen molar-refractivity contribution in [1.29, 1.82) is 0 Å². The molecule has 1 aromatic carbocycles. The van der Waals surface area contributed by atoms with Crippen LogP contribution in [0.3, 0.4) is 0 Å². The summed E-state index contributed by atoms with van der Waals surface area (Å²) < 4.78 is 10.2. The molecule has 1 heterocycles. The predicted octanol–water partition coefficient (Wildman–Crippen LogP) is 3.41. The Kier molecular flexibility index (Phi) is 4.53. The molecule has 0 saturated heterocycles. The maximum absolute atomic E-state index is 11.7. The second-order valence-corrected chi connectivity index (χ2v) is 5.07. The number of methoxy groups -OCH3 is 1. The van der Waals surface area contributed by atoms with Crippen molar-refractivity contribution in [3.63, 3.8) is 0 Å². The van der Waals surface area contributed by atoms with Crippen molar-refractivity contribution in [2.45, 2.75) is 6.92 Å². The number of carbonyl (C=O) groups is 2. The van der Waals surface area contributed by atoms with Crippen LogP contribution < -0.4 is 4.74 Å². The lowest BCUT2D eigenvalue weighted by atomic mass is 10.1. The molecule has 20 heavy (non-hydrogen) atoms. The first kappa shape index (κ1) is 14.3. The molecule has 0 aliphatic carbocycles. The molecule has 0 radical (unpaired) electrons. The van der Waals surface area contributed by atoms with E-state index in [2.05, 4.69) is 0 Å². The highest BCUT2D eigenvalue weighted by atomic mass is 32.1. The number of ether oxygens (including phenoxy) is 2. The second-order valence-electron chi connectivity index (χ2n) is 3.96. The Balaban J connectivity index is 2.43. The van der Waals surface area contributed by atoms with Gasteiger partial charge in [-0.15, -0.1) is 11.3 Å². The fourth-order valence-electron chi connectivity index (χ4n) is 1.80. The second kappa shape index (κ2) is 6.34. The summed E-state index contributed by atoms with van der Waals surface area (Å²) in [6.07, 6.45) is 0.820. The lowest BCUT2D eigenvalue weighted by molar-refractivity contribution is 0.0596. The predicted molar refractivity (Wildman–Crippen MR) is 77.7 cm³/mol. The van der Waals surface area contributed by atoms with Crippen molar-refractivity contribution in [2.75, 3.05) is 13.7 Å². The molecule has 2 aromatic rings. The van der Waals surface area contributed by atoms with Crippen molar-refractivity contribution in [3.05, 3.63) is 40.8 Å². The summed E-state index contributed by atoms with van der Waals surface area (Å²) in [5, 5.41) is 0. The molecule has 4 nitrogen and oxygen atoms in total. The van der Waals surface area contributed by atoms with Crippen LogP contribution in [0.1, 0.15) is 27.0 Å². The maximum Gasteiger partial charge on any atom is 0.341 e. The average molecular weight is 290 g/mol. The third-order valence-corrected chi connectivity index (χ3v) is 3.77. The van der Waals surface area contributed by atoms with Gasteiger partial charge in [-0.1, -0.05) is 6.07 Å². The molecule has 0 aliphatic heterocycles. The SMILES string of the molecule is CCOc1cc(-c2ccc(C=O)s2)ccc1C(=O)OC. The van der Waals surface area contributed by atoms with Gasteiger partial charge >= 0.3 is 5.97 Å². The molecule has 0 aliphatic rings. The van der Waals surface area contributed by atoms with Gasteiger partial charge in [0.05, 0.1) is 18.6 Å². The largest absolute Gasteiger partial charge is 0.493 e. The molecule has 0 saturated carbocycles. The minimum atomic E-state index is -0.431. The number of thiophene rings is 1. The van der Waals surface area contributed by atoms with Crippen molar-refractivity contribution in [3.8, 4) is 16.2 Å². The fourth-order valence-corrected chi connectivity index (χ4v) is 2.62. The van der Waals surface area contributed by atoms with Crippen LogP contribution in [-0.2, 0) is 4.74 Å². The normalized spacial score (nSPS) is 10.1. The Hall–Kier alpha value is -2.14. The van der Waals surface area contributed by atoms with Gasteiger partial charge in [-0.25, -0.2) is 4.79 Å². The van der Waals surface area contributed by atoms with Crippen LogP contribution in [-0.4, -0.2) is 26.0 Å². The molecule has 0 unspecified atom stereocenters. The Morgan fingerprint density at radius 1 is 1.30 bits per heavy atom. The molecule has 5 heteroatoms.